The Kier molecular flexibility index (Phi) is 6.79. The van der Waals surface area contributed by atoms with Crippen LogP contribution < -0.4 is 9.47 Å². The highest BCUT2D eigenvalue weighted by molar-refractivity contribution is 6.07. The normalized spacial score (nSPS) is 10.9. The monoisotopic (exact) mass is 356 g/mol. The summed E-state index contributed by atoms with van der Waals surface area (Å²) < 4.78 is 15.4. The highest BCUT2D eigenvalue weighted by Crippen LogP contribution is 2.17. The Morgan fingerprint density at radius 2 is 1.62 bits per heavy atom. The maximum Gasteiger partial charge on any atom is 0.373 e. The van der Waals surface area contributed by atoms with E-state index in [4.69, 9.17) is 9.47 Å². The topological polar surface area (TPSA) is 82.1 Å². The molecule has 0 amide bonds. The van der Waals surface area contributed by atoms with Gasteiger partial charge in [-0.15, -0.1) is 0 Å². The van der Waals surface area contributed by atoms with Gasteiger partial charge in [0.15, 0.2) is 5.78 Å². The van der Waals surface area contributed by atoms with E-state index in [1.165, 1.54) is 0 Å². The number of hydrogen-bond acceptors (Lipinski definition) is 6. The van der Waals surface area contributed by atoms with Gasteiger partial charge in [-0.1, -0.05) is 12.1 Å². The van der Waals surface area contributed by atoms with Crippen molar-refractivity contribution in [3.63, 3.8) is 0 Å². The number of rotatable bonds is 8. The van der Waals surface area contributed by atoms with Gasteiger partial charge in [-0.3, -0.25) is 4.79 Å². The molecule has 136 valence electrons. The first-order valence-corrected chi connectivity index (χ1v) is 8.01. The van der Waals surface area contributed by atoms with E-state index < -0.39 is 17.5 Å². The van der Waals surface area contributed by atoms with Crippen LogP contribution in [-0.4, -0.2) is 30.6 Å². The maximum absolute atomic E-state index is 12.0. The number of aliphatic hydroxyl groups is 1. The lowest BCUT2D eigenvalue weighted by Gasteiger charge is -2.07. The van der Waals surface area contributed by atoms with E-state index in [0.717, 1.165) is 17.4 Å². The van der Waals surface area contributed by atoms with Gasteiger partial charge in [-0.25, -0.2) is 4.79 Å². The summed E-state index contributed by atoms with van der Waals surface area (Å²) in [4.78, 5) is 23.3. The third-order valence-electron chi connectivity index (χ3n) is 3.46. The van der Waals surface area contributed by atoms with Crippen molar-refractivity contribution in [3.05, 3.63) is 71.5 Å². The molecule has 0 atom stereocenters. The first kappa shape index (κ1) is 19.1. The van der Waals surface area contributed by atoms with Crippen LogP contribution in [-0.2, 0) is 16.1 Å². The summed E-state index contributed by atoms with van der Waals surface area (Å²) in [5, 5.41) is 9.51. The van der Waals surface area contributed by atoms with Gasteiger partial charge >= 0.3 is 5.97 Å². The van der Waals surface area contributed by atoms with Gasteiger partial charge in [-0.2, -0.15) is 0 Å². The molecule has 0 aliphatic heterocycles. The minimum absolute atomic E-state index is 0.116. The van der Waals surface area contributed by atoms with Crippen molar-refractivity contribution >= 4 is 11.8 Å². The lowest BCUT2D eigenvalue weighted by Crippen LogP contribution is -2.09. The van der Waals surface area contributed by atoms with Crippen LogP contribution in [0.15, 0.2) is 60.4 Å². The van der Waals surface area contributed by atoms with Crippen LogP contribution in [0, 0.1) is 0 Å². The molecule has 0 spiro atoms. The molecule has 0 bridgehead atoms. The second-order valence-electron chi connectivity index (χ2n) is 5.28. The summed E-state index contributed by atoms with van der Waals surface area (Å²) in [6.45, 7) is 2.10. The molecule has 0 aliphatic carbocycles. The number of benzene rings is 2. The highest BCUT2D eigenvalue weighted by atomic mass is 16.5. The van der Waals surface area contributed by atoms with Gasteiger partial charge in [0.05, 0.1) is 13.7 Å². The summed E-state index contributed by atoms with van der Waals surface area (Å²) >= 11 is 0. The Balaban J connectivity index is 1.95. The molecule has 0 aliphatic rings. The zero-order valence-corrected chi connectivity index (χ0v) is 14.6. The first-order chi connectivity index (χ1) is 12.5. The number of allylic oxidation sites excluding steroid dienone is 1. The number of aliphatic hydroxyl groups excluding tert-OH is 1. The molecule has 1 N–H and O–H groups in total. The zero-order valence-electron chi connectivity index (χ0n) is 14.6. The zero-order chi connectivity index (χ0) is 18.9. The fraction of sp³-hybridized carbons (Fsp3) is 0.200. The van der Waals surface area contributed by atoms with Crippen LogP contribution in [0.2, 0.25) is 0 Å². The van der Waals surface area contributed by atoms with Crippen LogP contribution >= 0.6 is 0 Å². The van der Waals surface area contributed by atoms with Crippen molar-refractivity contribution in [2.75, 3.05) is 13.7 Å². The van der Waals surface area contributed by atoms with Crippen LogP contribution in [0.5, 0.6) is 11.5 Å². The third kappa shape index (κ3) is 5.37. The second kappa shape index (κ2) is 9.27. The molecule has 0 saturated heterocycles. The Morgan fingerprint density at radius 3 is 2.19 bits per heavy atom. The average molecular weight is 356 g/mol. The van der Waals surface area contributed by atoms with Crippen molar-refractivity contribution in [3.8, 4) is 11.5 Å². The number of esters is 1. The molecule has 2 rings (SSSR count). The number of carbonyl (C=O) groups is 2. The molecule has 0 fully saturated rings. The highest BCUT2D eigenvalue weighted by Gasteiger charge is 2.12. The molecule has 0 radical (unpaired) electrons. The molecular weight excluding hydrogens is 336 g/mol. The van der Waals surface area contributed by atoms with Gasteiger partial charge in [-0.05, 0) is 48.9 Å². The Bertz CT molecular complexity index is 775. The Labute approximate surface area is 151 Å². The molecular formula is C20H20O6. The molecule has 2 aromatic rings. The van der Waals surface area contributed by atoms with Crippen LogP contribution in [0.1, 0.15) is 22.8 Å². The predicted molar refractivity (Wildman–Crippen MR) is 95.4 cm³/mol. The van der Waals surface area contributed by atoms with E-state index in [9.17, 15) is 14.7 Å². The lowest BCUT2D eigenvalue weighted by atomic mass is 10.1. The number of hydrogen-bond donors (Lipinski definition) is 1. The number of carbonyl (C=O) groups excluding carboxylic acids is 2. The molecule has 0 saturated carbocycles. The minimum atomic E-state index is -0.930. The van der Waals surface area contributed by atoms with Crippen molar-refractivity contribution in [2.24, 2.45) is 0 Å². The third-order valence-corrected chi connectivity index (χ3v) is 3.46. The SMILES string of the molecule is CCOC(=O)C(O)=CC(=O)c1ccc(OCc2ccc(OC)cc2)cc1. The fourth-order valence-corrected chi connectivity index (χ4v) is 2.08. The lowest BCUT2D eigenvalue weighted by molar-refractivity contribution is -0.141. The van der Waals surface area contributed by atoms with Crippen molar-refractivity contribution in [1.29, 1.82) is 0 Å². The van der Waals surface area contributed by atoms with Gasteiger partial charge in [0.2, 0.25) is 5.76 Å². The largest absolute Gasteiger partial charge is 0.502 e. The Hall–Kier alpha value is -3.28. The van der Waals surface area contributed by atoms with Gasteiger partial charge in [0.1, 0.15) is 18.1 Å². The smallest absolute Gasteiger partial charge is 0.373 e. The quantitative estimate of drug-likeness (QED) is 0.338. The summed E-state index contributed by atoms with van der Waals surface area (Å²) in [5.74, 6) is -0.791. The van der Waals surface area contributed by atoms with Crippen molar-refractivity contribution < 1.29 is 28.9 Å². The van der Waals surface area contributed by atoms with Gasteiger partial charge < -0.3 is 19.3 Å². The Morgan fingerprint density at radius 1 is 1.00 bits per heavy atom. The number of methoxy groups -OCH3 is 1. The first-order valence-electron chi connectivity index (χ1n) is 8.01. The van der Waals surface area contributed by atoms with E-state index in [-0.39, 0.29) is 6.61 Å². The molecule has 0 heterocycles. The molecule has 0 aromatic heterocycles. The van der Waals surface area contributed by atoms with E-state index in [1.807, 2.05) is 24.3 Å². The summed E-state index contributed by atoms with van der Waals surface area (Å²) in [7, 11) is 1.61. The minimum Gasteiger partial charge on any atom is -0.502 e. The fourth-order valence-electron chi connectivity index (χ4n) is 2.08. The van der Waals surface area contributed by atoms with E-state index >= 15 is 0 Å². The molecule has 26 heavy (non-hydrogen) atoms. The van der Waals surface area contributed by atoms with Crippen LogP contribution in [0.4, 0.5) is 0 Å². The van der Waals surface area contributed by atoms with Crippen LogP contribution in [0.3, 0.4) is 0 Å². The molecule has 6 heteroatoms. The van der Waals surface area contributed by atoms with Gasteiger partial charge in [0.25, 0.3) is 0 Å². The number of ketones is 1. The van der Waals surface area contributed by atoms with E-state index in [0.29, 0.717) is 17.9 Å². The maximum atomic E-state index is 12.0. The number of ether oxygens (including phenoxy) is 3. The summed E-state index contributed by atoms with van der Waals surface area (Å²) in [5.41, 5.74) is 1.30. The standard InChI is InChI=1S/C20H20O6/c1-3-25-20(23)19(22)12-18(21)15-6-10-17(11-7-15)26-13-14-4-8-16(24-2)9-5-14/h4-12,22H,3,13H2,1-2H3. The summed E-state index contributed by atoms with van der Waals surface area (Å²) in [6, 6.07) is 13.9. The predicted octanol–water partition coefficient (Wildman–Crippen LogP) is 3.46. The van der Waals surface area contributed by atoms with Crippen LogP contribution in [0.25, 0.3) is 0 Å². The van der Waals surface area contributed by atoms with E-state index in [2.05, 4.69) is 4.74 Å². The molecule has 2 aromatic carbocycles. The second-order valence-corrected chi connectivity index (χ2v) is 5.28. The van der Waals surface area contributed by atoms with Crippen molar-refractivity contribution in [2.45, 2.75) is 13.5 Å². The van der Waals surface area contributed by atoms with Gasteiger partial charge in [0, 0.05) is 11.6 Å². The molecule has 6 nitrogen and oxygen atoms in total. The van der Waals surface area contributed by atoms with Crippen molar-refractivity contribution in [1.82, 2.24) is 0 Å². The van der Waals surface area contributed by atoms with E-state index in [1.54, 1.807) is 38.3 Å². The summed E-state index contributed by atoms with van der Waals surface area (Å²) in [6.07, 6.45) is 0.839. The average Bonchev–Trinajstić information content (AvgIpc) is 2.67. The molecule has 0 unspecified atom stereocenters.